The summed E-state index contributed by atoms with van der Waals surface area (Å²) < 4.78 is 38.9. The van der Waals surface area contributed by atoms with Crippen LogP contribution in [0.3, 0.4) is 0 Å². The summed E-state index contributed by atoms with van der Waals surface area (Å²) in [6, 6.07) is 3.41. The summed E-state index contributed by atoms with van der Waals surface area (Å²) in [6.07, 6.45) is -3.13. The summed E-state index contributed by atoms with van der Waals surface area (Å²) >= 11 is 0. The van der Waals surface area contributed by atoms with Gasteiger partial charge in [-0.15, -0.1) is 0 Å². The average molecular weight is 303 g/mol. The fraction of sp³-hybridized carbons (Fsp3) is 0.500. The van der Waals surface area contributed by atoms with Crippen molar-refractivity contribution in [1.29, 1.82) is 0 Å². The monoisotopic (exact) mass is 303 g/mol. The lowest BCUT2D eigenvalue weighted by Gasteiger charge is -2.27. The highest BCUT2D eigenvalue weighted by molar-refractivity contribution is 6.00. The molecule has 0 bridgehead atoms. The number of hydrogen-bond acceptors (Lipinski definition) is 3. The van der Waals surface area contributed by atoms with Crippen LogP contribution in [0.1, 0.15) is 42.6 Å². The number of alkyl halides is 3. The van der Waals surface area contributed by atoms with Gasteiger partial charge in [0.25, 0.3) is 5.91 Å². The van der Waals surface area contributed by atoms with Crippen molar-refractivity contribution in [2.75, 3.05) is 12.5 Å². The molecule has 21 heavy (non-hydrogen) atoms. The zero-order valence-electron chi connectivity index (χ0n) is 12.3. The van der Waals surface area contributed by atoms with Crippen molar-refractivity contribution in [3.05, 3.63) is 29.3 Å². The topological polar surface area (TPSA) is 58.4 Å². The van der Waals surface area contributed by atoms with Crippen molar-refractivity contribution in [3.8, 4) is 0 Å². The Morgan fingerprint density at radius 3 is 2.33 bits per heavy atom. The third-order valence-electron chi connectivity index (χ3n) is 3.56. The highest BCUT2D eigenvalue weighted by atomic mass is 19.4. The number of hydrogen-bond donors (Lipinski definition) is 2. The molecule has 1 aromatic rings. The normalized spacial score (nSPS) is 11.6. The number of rotatable bonds is 5. The number of nitrogens with one attached hydrogen (secondary N) is 1. The Kier molecular flexibility index (Phi) is 5.60. The van der Waals surface area contributed by atoms with Gasteiger partial charge in [0.05, 0.1) is 16.8 Å². The smallest absolute Gasteiger partial charge is 0.339 e. The van der Waals surface area contributed by atoms with E-state index < -0.39 is 23.3 Å². The van der Waals surface area contributed by atoms with Gasteiger partial charge < -0.3 is 10.3 Å². The van der Waals surface area contributed by atoms with E-state index in [1.807, 2.05) is 19.3 Å². The van der Waals surface area contributed by atoms with Gasteiger partial charge in [-0.05, 0) is 25.0 Å². The Hall–Kier alpha value is -1.76. The van der Waals surface area contributed by atoms with E-state index >= 15 is 0 Å². The fourth-order valence-electron chi connectivity index (χ4n) is 2.31. The van der Waals surface area contributed by atoms with Crippen LogP contribution in [-0.2, 0) is 6.18 Å². The molecular formula is C14H20F3N3O. The number of para-hydroxylation sites is 1. The lowest BCUT2D eigenvalue weighted by molar-refractivity contribution is -0.137. The standard InChI is InChI=1S/C14H20F3N3O/c1-4-9(5-2)20(3)13(21)10-7-6-8-11(12(10)19-18)14(15,16)17/h6-9,19H,4-5,18H2,1-3H3. The summed E-state index contributed by atoms with van der Waals surface area (Å²) in [7, 11) is 1.58. The molecule has 3 N–H and O–H groups in total. The zero-order valence-corrected chi connectivity index (χ0v) is 12.3. The highest BCUT2D eigenvalue weighted by Gasteiger charge is 2.35. The second-order valence-corrected chi connectivity index (χ2v) is 4.76. The highest BCUT2D eigenvalue weighted by Crippen LogP contribution is 2.36. The Morgan fingerprint density at radius 2 is 1.90 bits per heavy atom. The van der Waals surface area contributed by atoms with E-state index in [1.54, 1.807) is 7.05 Å². The number of nitrogen functional groups attached to an aromatic ring is 1. The summed E-state index contributed by atoms with van der Waals surface area (Å²) in [5.41, 5.74) is 0.586. The Balaban J connectivity index is 3.28. The molecule has 0 unspecified atom stereocenters. The fourth-order valence-corrected chi connectivity index (χ4v) is 2.31. The SMILES string of the molecule is CCC(CC)N(C)C(=O)c1cccc(C(F)(F)F)c1NN. The predicted molar refractivity (Wildman–Crippen MR) is 75.7 cm³/mol. The largest absolute Gasteiger partial charge is 0.418 e. The first-order valence-corrected chi connectivity index (χ1v) is 6.71. The first kappa shape index (κ1) is 17.3. The molecule has 0 heterocycles. The average Bonchev–Trinajstić information content (AvgIpc) is 2.45. The summed E-state index contributed by atoms with van der Waals surface area (Å²) in [4.78, 5) is 13.9. The third-order valence-corrected chi connectivity index (χ3v) is 3.56. The van der Waals surface area contributed by atoms with E-state index in [-0.39, 0.29) is 11.6 Å². The molecule has 0 fully saturated rings. The zero-order chi connectivity index (χ0) is 16.2. The number of nitrogens with zero attached hydrogens (tertiary/aromatic N) is 1. The van der Waals surface area contributed by atoms with Gasteiger partial charge >= 0.3 is 6.18 Å². The van der Waals surface area contributed by atoms with Crippen LogP contribution in [0.15, 0.2) is 18.2 Å². The van der Waals surface area contributed by atoms with Crippen LogP contribution in [0.5, 0.6) is 0 Å². The van der Waals surface area contributed by atoms with Crippen molar-refractivity contribution in [2.45, 2.75) is 38.9 Å². The maximum Gasteiger partial charge on any atom is 0.418 e. The quantitative estimate of drug-likeness (QED) is 0.648. The number of hydrazine groups is 1. The molecular weight excluding hydrogens is 283 g/mol. The number of anilines is 1. The number of benzene rings is 1. The van der Waals surface area contributed by atoms with Gasteiger partial charge in [-0.3, -0.25) is 10.6 Å². The lowest BCUT2D eigenvalue weighted by atomic mass is 10.0. The molecule has 118 valence electrons. The van der Waals surface area contributed by atoms with Crippen LogP contribution >= 0.6 is 0 Å². The molecule has 0 saturated heterocycles. The molecule has 1 amide bonds. The Morgan fingerprint density at radius 1 is 1.33 bits per heavy atom. The van der Waals surface area contributed by atoms with Crippen molar-refractivity contribution < 1.29 is 18.0 Å². The van der Waals surface area contributed by atoms with E-state index in [1.165, 1.54) is 17.0 Å². The summed E-state index contributed by atoms with van der Waals surface area (Å²) in [5.74, 6) is 4.72. The minimum atomic E-state index is -4.58. The van der Waals surface area contributed by atoms with Crippen LogP contribution in [0, 0.1) is 0 Å². The Labute approximate surface area is 122 Å². The number of amides is 1. The van der Waals surface area contributed by atoms with Gasteiger partial charge in [0.2, 0.25) is 0 Å². The van der Waals surface area contributed by atoms with Crippen LogP contribution in [0.4, 0.5) is 18.9 Å². The van der Waals surface area contributed by atoms with E-state index in [4.69, 9.17) is 5.84 Å². The van der Waals surface area contributed by atoms with E-state index in [2.05, 4.69) is 0 Å². The van der Waals surface area contributed by atoms with Crippen molar-refractivity contribution in [3.63, 3.8) is 0 Å². The molecule has 1 rings (SSSR count). The van der Waals surface area contributed by atoms with Crippen molar-refractivity contribution >= 4 is 11.6 Å². The number of carbonyl (C=O) groups is 1. The molecule has 1 aromatic carbocycles. The molecule has 0 aliphatic rings. The maximum atomic E-state index is 13.0. The van der Waals surface area contributed by atoms with Crippen LogP contribution in [0.2, 0.25) is 0 Å². The molecule has 0 spiro atoms. The van der Waals surface area contributed by atoms with Crippen molar-refractivity contribution in [2.24, 2.45) is 5.84 Å². The van der Waals surface area contributed by atoms with Gasteiger partial charge in [-0.2, -0.15) is 13.2 Å². The second kappa shape index (κ2) is 6.80. The van der Waals surface area contributed by atoms with Crippen molar-refractivity contribution in [1.82, 2.24) is 4.90 Å². The van der Waals surface area contributed by atoms with Crippen LogP contribution in [-0.4, -0.2) is 23.9 Å². The Bertz CT molecular complexity index is 499. The minimum absolute atomic E-state index is 0.0299. The van der Waals surface area contributed by atoms with Crippen LogP contribution in [0.25, 0.3) is 0 Å². The van der Waals surface area contributed by atoms with Crippen LogP contribution < -0.4 is 11.3 Å². The van der Waals surface area contributed by atoms with E-state index in [0.717, 1.165) is 18.9 Å². The van der Waals surface area contributed by atoms with E-state index in [9.17, 15) is 18.0 Å². The molecule has 0 atom stereocenters. The summed E-state index contributed by atoms with van der Waals surface area (Å²) in [5, 5.41) is 0. The predicted octanol–water partition coefficient (Wildman–Crippen LogP) is 3.25. The minimum Gasteiger partial charge on any atom is -0.339 e. The molecule has 0 aliphatic heterocycles. The summed E-state index contributed by atoms with van der Waals surface area (Å²) in [6.45, 7) is 3.85. The van der Waals surface area contributed by atoms with Gasteiger partial charge in [-0.25, -0.2) is 0 Å². The number of nitrogens with two attached hydrogens (primary N) is 1. The first-order valence-electron chi connectivity index (χ1n) is 6.71. The van der Waals surface area contributed by atoms with Gasteiger partial charge in [0.1, 0.15) is 0 Å². The van der Waals surface area contributed by atoms with Gasteiger partial charge in [0.15, 0.2) is 0 Å². The molecule has 0 saturated carbocycles. The molecule has 0 aliphatic carbocycles. The molecule has 0 radical (unpaired) electrons. The van der Waals surface area contributed by atoms with E-state index in [0.29, 0.717) is 0 Å². The number of halogens is 3. The van der Waals surface area contributed by atoms with Gasteiger partial charge in [0, 0.05) is 13.1 Å². The second-order valence-electron chi connectivity index (χ2n) is 4.76. The lowest BCUT2D eigenvalue weighted by Crippen LogP contribution is -2.37. The molecule has 7 heteroatoms. The molecule has 4 nitrogen and oxygen atoms in total. The first-order chi connectivity index (χ1) is 9.77. The maximum absolute atomic E-state index is 13.0. The third kappa shape index (κ3) is 3.66. The van der Waals surface area contributed by atoms with Gasteiger partial charge in [-0.1, -0.05) is 19.9 Å². The molecule has 0 aromatic heterocycles. The number of carbonyl (C=O) groups excluding carboxylic acids is 1.